The van der Waals surface area contributed by atoms with E-state index >= 15 is 0 Å². The maximum absolute atomic E-state index is 5.09. The highest BCUT2D eigenvalue weighted by Crippen LogP contribution is 2.12. The Kier molecular flexibility index (Phi) is 2.96. The second kappa shape index (κ2) is 4.02. The molecular formula is C10H14O. The summed E-state index contributed by atoms with van der Waals surface area (Å²) >= 11 is 0. The molecule has 1 unspecified atom stereocenters. The minimum absolute atomic E-state index is 0.568. The molecule has 0 saturated carbocycles. The second-order valence-electron chi connectivity index (χ2n) is 2.59. The Hall–Kier alpha value is -0.980. The minimum Gasteiger partial charge on any atom is -0.497 e. The highest BCUT2D eigenvalue weighted by Gasteiger charge is 1.98. The van der Waals surface area contributed by atoms with Crippen molar-refractivity contribution in [1.82, 2.24) is 0 Å². The third-order valence-corrected chi connectivity index (χ3v) is 1.83. The highest BCUT2D eigenvalue weighted by atomic mass is 16.5. The molecule has 1 aliphatic carbocycles. The Morgan fingerprint density at radius 3 is 2.91 bits per heavy atom. The van der Waals surface area contributed by atoms with Crippen molar-refractivity contribution in [2.75, 3.05) is 7.11 Å². The lowest BCUT2D eigenvalue weighted by molar-refractivity contribution is 0.307. The van der Waals surface area contributed by atoms with E-state index in [0.717, 1.165) is 12.2 Å². The van der Waals surface area contributed by atoms with Crippen LogP contribution in [-0.4, -0.2) is 7.11 Å². The molecule has 11 heavy (non-hydrogen) atoms. The molecule has 0 amide bonds. The third-order valence-electron chi connectivity index (χ3n) is 1.83. The summed E-state index contributed by atoms with van der Waals surface area (Å²) in [6.07, 6.45) is 11.5. The van der Waals surface area contributed by atoms with Crippen molar-refractivity contribution in [3.8, 4) is 0 Å². The smallest absolute Gasteiger partial charge is 0.118 e. The van der Waals surface area contributed by atoms with Gasteiger partial charge in [-0.05, 0) is 24.5 Å². The van der Waals surface area contributed by atoms with Crippen molar-refractivity contribution in [2.24, 2.45) is 5.92 Å². The summed E-state index contributed by atoms with van der Waals surface area (Å²) in [5.74, 6) is 1.50. The van der Waals surface area contributed by atoms with Crippen LogP contribution in [0.5, 0.6) is 0 Å². The molecule has 1 heteroatoms. The number of hydrogen-bond donors (Lipinski definition) is 0. The predicted molar refractivity (Wildman–Crippen MR) is 47.2 cm³/mol. The van der Waals surface area contributed by atoms with Crippen LogP contribution >= 0.6 is 0 Å². The first-order valence-electron chi connectivity index (χ1n) is 3.97. The monoisotopic (exact) mass is 150 g/mol. The van der Waals surface area contributed by atoms with E-state index in [1.807, 2.05) is 18.2 Å². The molecule has 0 saturated heterocycles. The van der Waals surface area contributed by atoms with Crippen LogP contribution in [0, 0.1) is 5.92 Å². The Morgan fingerprint density at radius 2 is 2.27 bits per heavy atom. The van der Waals surface area contributed by atoms with Gasteiger partial charge in [0.1, 0.15) is 5.76 Å². The van der Waals surface area contributed by atoms with Gasteiger partial charge in [-0.15, -0.1) is 0 Å². The fourth-order valence-electron chi connectivity index (χ4n) is 1.04. The zero-order valence-electron chi connectivity index (χ0n) is 7.08. The van der Waals surface area contributed by atoms with Gasteiger partial charge in [0.25, 0.3) is 0 Å². The molecule has 0 aromatic heterocycles. The average molecular weight is 150 g/mol. The molecule has 0 aromatic carbocycles. The van der Waals surface area contributed by atoms with Crippen LogP contribution < -0.4 is 0 Å². The lowest BCUT2D eigenvalue weighted by Crippen LogP contribution is -1.86. The number of rotatable bonds is 2. The van der Waals surface area contributed by atoms with Crippen LogP contribution in [0.4, 0.5) is 0 Å². The molecule has 0 radical (unpaired) electrons. The number of ether oxygens (including phenoxy) is 1. The average Bonchev–Trinajstić information content (AvgIpc) is 2.28. The molecule has 0 fully saturated rings. The largest absolute Gasteiger partial charge is 0.497 e. The Bertz CT molecular complexity index is 199. The summed E-state index contributed by atoms with van der Waals surface area (Å²) in [6, 6.07) is 0. The van der Waals surface area contributed by atoms with Crippen LogP contribution in [0.1, 0.15) is 13.3 Å². The van der Waals surface area contributed by atoms with Crippen LogP contribution in [0.25, 0.3) is 0 Å². The molecule has 0 spiro atoms. The molecule has 1 aliphatic rings. The van der Waals surface area contributed by atoms with E-state index in [0.29, 0.717) is 5.92 Å². The summed E-state index contributed by atoms with van der Waals surface area (Å²) in [5.41, 5.74) is 0. The Labute approximate surface area is 68.1 Å². The SMILES string of the molecule is CCC1C=CC=C(OC)C=C1. The zero-order chi connectivity index (χ0) is 8.10. The number of allylic oxidation sites excluding steroid dienone is 5. The van der Waals surface area contributed by atoms with Gasteiger partial charge < -0.3 is 4.74 Å². The number of methoxy groups -OCH3 is 1. The lowest BCUT2D eigenvalue weighted by Gasteiger charge is -2.00. The molecule has 0 N–H and O–H groups in total. The van der Waals surface area contributed by atoms with Crippen molar-refractivity contribution >= 4 is 0 Å². The van der Waals surface area contributed by atoms with Gasteiger partial charge in [-0.3, -0.25) is 0 Å². The Balaban J connectivity index is 2.66. The van der Waals surface area contributed by atoms with Gasteiger partial charge in [-0.1, -0.05) is 25.2 Å². The van der Waals surface area contributed by atoms with Crippen molar-refractivity contribution in [1.29, 1.82) is 0 Å². The summed E-state index contributed by atoms with van der Waals surface area (Å²) in [5, 5.41) is 0. The zero-order valence-corrected chi connectivity index (χ0v) is 7.08. The molecule has 0 bridgehead atoms. The fraction of sp³-hybridized carbons (Fsp3) is 0.400. The summed E-state index contributed by atoms with van der Waals surface area (Å²) in [6.45, 7) is 2.18. The van der Waals surface area contributed by atoms with Gasteiger partial charge in [-0.2, -0.15) is 0 Å². The molecule has 0 aromatic rings. The van der Waals surface area contributed by atoms with Crippen LogP contribution in [0.3, 0.4) is 0 Å². The van der Waals surface area contributed by atoms with Gasteiger partial charge in [0.2, 0.25) is 0 Å². The summed E-state index contributed by atoms with van der Waals surface area (Å²) in [4.78, 5) is 0. The molecule has 0 heterocycles. The topological polar surface area (TPSA) is 9.23 Å². The van der Waals surface area contributed by atoms with E-state index in [1.165, 1.54) is 0 Å². The van der Waals surface area contributed by atoms with Gasteiger partial charge in [0.15, 0.2) is 0 Å². The first-order chi connectivity index (χ1) is 5.36. The quantitative estimate of drug-likeness (QED) is 0.588. The van der Waals surface area contributed by atoms with Crippen molar-refractivity contribution in [3.05, 3.63) is 36.1 Å². The van der Waals surface area contributed by atoms with Gasteiger partial charge in [0, 0.05) is 0 Å². The lowest BCUT2D eigenvalue weighted by atomic mass is 10.1. The molecule has 1 nitrogen and oxygen atoms in total. The van der Waals surface area contributed by atoms with E-state index in [-0.39, 0.29) is 0 Å². The van der Waals surface area contributed by atoms with Crippen LogP contribution in [0.15, 0.2) is 36.1 Å². The predicted octanol–water partition coefficient (Wildman–Crippen LogP) is 2.67. The second-order valence-corrected chi connectivity index (χ2v) is 2.59. The first-order valence-corrected chi connectivity index (χ1v) is 3.97. The van der Waals surface area contributed by atoms with E-state index in [1.54, 1.807) is 7.11 Å². The molecule has 1 rings (SSSR count). The number of hydrogen-bond acceptors (Lipinski definition) is 1. The first kappa shape index (κ1) is 8.12. The van der Waals surface area contributed by atoms with Crippen molar-refractivity contribution < 1.29 is 4.74 Å². The van der Waals surface area contributed by atoms with E-state index < -0.39 is 0 Å². The fourth-order valence-corrected chi connectivity index (χ4v) is 1.04. The van der Waals surface area contributed by atoms with E-state index in [4.69, 9.17) is 4.74 Å². The normalized spacial score (nSPS) is 22.7. The van der Waals surface area contributed by atoms with Crippen LogP contribution in [-0.2, 0) is 4.74 Å². The van der Waals surface area contributed by atoms with Gasteiger partial charge in [0.05, 0.1) is 7.11 Å². The maximum atomic E-state index is 5.09. The summed E-state index contributed by atoms with van der Waals surface area (Å²) < 4.78 is 5.09. The maximum Gasteiger partial charge on any atom is 0.118 e. The van der Waals surface area contributed by atoms with Crippen molar-refractivity contribution in [2.45, 2.75) is 13.3 Å². The minimum atomic E-state index is 0.568. The summed E-state index contributed by atoms with van der Waals surface area (Å²) in [7, 11) is 1.69. The van der Waals surface area contributed by atoms with Crippen molar-refractivity contribution in [3.63, 3.8) is 0 Å². The molecule has 60 valence electrons. The molecule has 1 atom stereocenters. The van der Waals surface area contributed by atoms with Gasteiger partial charge >= 0.3 is 0 Å². The van der Waals surface area contributed by atoms with Crippen LogP contribution in [0.2, 0.25) is 0 Å². The van der Waals surface area contributed by atoms with Gasteiger partial charge in [-0.25, -0.2) is 0 Å². The van der Waals surface area contributed by atoms with E-state index in [9.17, 15) is 0 Å². The van der Waals surface area contributed by atoms with E-state index in [2.05, 4.69) is 19.1 Å². The molecule has 0 aliphatic heterocycles. The highest BCUT2D eigenvalue weighted by molar-refractivity contribution is 5.24. The third kappa shape index (κ3) is 2.26. The standard InChI is InChI=1S/C10H14O/c1-3-9-5-4-6-10(11-2)8-7-9/h4-9H,3H2,1-2H3. The Morgan fingerprint density at radius 1 is 1.45 bits per heavy atom. The molecular weight excluding hydrogens is 136 g/mol.